The Balaban J connectivity index is 1.54. The number of hydrogen-bond donors (Lipinski definition) is 1. The van der Waals surface area contributed by atoms with Gasteiger partial charge in [-0.1, -0.05) is 28.4 Å². The molecule has 0 fully saturated rings. The number of rotatable bonds is 4. The summed E-state index contributed by atoms with van der Waals surface area (Å²) < 4.78 is 82.3. The summed E-state index contributed by atoms with van der Waals surface area (Å²) in [6, 6.07) is 2.97. The highest BCUT2D eigenvalue weighted by molar-refractivity contribution is 6.35. The molecule has 2 aromatic rings. The van der Waals surface area contributed by atoms with E-state index >= 15 is 0 Å². The van der Waals surface area contributed by atoms with E-state index in [1.165, 1.54) is 17.2 Å². The third-order valence-electron chi connectivity index (χ3n) is 5.58. The van der Waals surface area contributed by atoms with E-state index in [4.69, 9.17) is 28.0 Å². The van der Waals surface area contributed by atoms with Crippen LogP contribution in [0.3, 0.4) is 0 Å². The average Bonchev–Trinajstić information content (AvgIpc) is 3.39. The second-order valence-electron chi connectivity index (χ2n) is 8.30. The molecular weight excluding hydrogens is 525 g/mol. The molecule has 2 aliphatic rings. The highest BCUT2D eigenvalue weighted by atomic mass is 35.5. The number of benzene rings is 1. The van der Waals surface area contributed by atoms with Crippen molar-refractivity contribution in [2.24, 2.45) is 5.16 Å². The first-order valence-electron chi connectivity index (χ1n) is 10.1. The second-order valence-corrected chi connectivity index (χ2v) is 9.12. The molecule has 2 aliphatic heterocycles. The van der Waals surface area contributed by atoms with Crippen LogP contribution >= 0.6 is 23.2 Å². The molecule has 6 nitrogen and oxygen atoms in total. The monoisotopic (exact) mass is 540 g/mol. The maximum atomic E-state index is 14.2. The van der Waals surface area contributed by atoms with Gasteiger partial charge in [0, 0.05) is 31.8 Å². The van der Waals surface area contributed by atoms with Crippen LogP contribution in [-0.4, -0.2) is 40.3 Å². The van der Waals surface area contributed by atoms with E-state index in [1.54, 1.807) is 0 Å². The summed E-state index contributed by atoms with van der Waals surface area (Å²) in [5, 5.41) is 4.53. The van der Waals surface area contributed by atoms with E-state index in [0.29, 0.717) is 18.1 Å². The van der Waals surface area contributed by atoms with Crippen molar-refractivity contribution in [3.05, 3.63) is 62.6 Å². The van der Waals surface area contributed by atoms with Crippen molar-refractivity contribution in [2.75, 3.05) is 6.54 Å². The van der Waals surface area contributed by atoms with Gasteiger partial charge in [-0.25, -0.2) is 13.2 Å². The highest BCUT2D eigenvalue weighted by Crippen LogP contribution is 2.50. The summed E-state index contributed by atoms with van der Waals surface area (Å²) in [6.07, 6.45) is -4.35. The number of fused-ring (bicyclic) bond motifs is 1. The Morgan fingerprint density at radius 2 is 1.77 bits per heavy atom. The first-order valence-corrected chi connectivity index (χ1v) is 10.8. The lowest BCUT2D eigenvalue weighted by Gasteiger charge is -2.30. The van der Waals surface area contributed by atoms with Gasteiger partial charge < -0.3 is 15.1 Å². The van der Waals surface area contributed by atoms with Crippen molar-refractivity contribution in [3.63, 3.8) is 0 Å². The summed E-state index contributed by atoms with van der Waals surface area (Å²) in [7, 11) is 0. The Kier molecular flexibility index (Phi) is 6.33. The summed E-state index contributed by atoms with van der Waals surface area (Å²) in [5.74, 6) is -5.02. The molecule has 35 heavy (non-hydrogen) atoms. The van der Waals surface area contributed by atoms with Crippen molar-refractivity contribution < 1.29 is 36.0 Å². The second kappa shape index (κ2) is 8.74. The third-order valence-corrected chi connectivity index (χ3v) is 6.13. The van der Waals surface area contributed by atoms with Gasteiger partial charge in [-0.3, -0.25) is 9.78 Å². The molecule has 188 valence electrons. The molecule has 0 aliphatic carbocycles. The van der Waals surface area contributed by atoms with Crippen molar-refractivity contribution in [2.45, 2.75) is 44.1 Å². The number of alkyl halides is 5. The molecular formula is C21H16Cl2F6N4O2. The summed E-state index contributed by atoms with van der Waals surface area (Å²) >= 11 is 11.4. The van der Waals surface area contributed by atoms with Gasteiger partial charge in [-0.2, -0.15) is 13.2 Å². The molecule has 0 saturated carbocycles. The Morgan fingerprint density at radius 1 is 1.14 bits per heavy atom. The number of aromatic nitrogens is 1. The predicted octanol–water partition coefficient (Wildman–Crippen LogP) is 5.42. The minimum absolute atomic E-state index is 0.0493. The number of halogens is 8. The molecule has 1 atom stereocenters. The standard InChI is InChI=1S/C21H16Cl2F6N4O2/c1-19(25,26)9-31-18(34)15-2-10-7-33(8-11(10)6-30-15)16-5-20(35-32-16,21(27,28)29)12-3-13(22)17(24)14(23)4-12/h2-4,6H,5,7-9H2,1H3,(H,31,34). The van der Waals surface area contributed by atoms with Crippen LogP contribution in [0.5, 0.6) is 0 Å². The van der Waals surface area contributed by atoms with E-state index in [0.717, 1.165) is 12.1 Å². The number of carbonyl (C=O) groups excluding carboxylic acids is 1. The minimum Gasteiger partial charge on any atom is -0.372 e. The molecule has 1 amide bonds. The molecule has 0 spiro atoms. The lowest BCUT2D eigenvalue weighted by molar-refractivity contribution is -0.275. The number of nitrogens with zero attached hydrogens (tertiary/aromatic N) is 3. The zero-order chi connectivity index (χ0) is 25.8. The molecule has 1 N–H and O–H groups in total. The molecule has 1 aromatic heterocycles. The Bertz CT molecular complexity index is 1190. The maximum absolute atomic E-state index is 14.2. The van der Waals surface area contributed by atoms with Gasteiger partial charge >= 0.3 is 6.18 Å². The van der Waals surface area contributed by atoms with Gasteiger partial charge in [0.1, 0.15) is 11.5 Å². The molecule has 3 heterocycles. The molecule has 1 aromatic carbocycles. The number of oxime groups is 1. The van der Waals surface area contributed by atoms with Crippen molar-refractivity contribution in [1.82, 2.24) is 15.2 Å². The van der Waals surface area contributed by atoms with Crippen molar-refractivity contribution in [1.29, 1.82) is 0 Å². The third kappa shape index (κ3) is 4.86. The van der Waals surface area contributed by atoms with Gasteiger partial charge in [0.2, 0.25) is 0 Å². The van der Waals surface area contributed by atoms with Gasteiger partial charge in [0.25, 0.3) is 17.4 Å². The normalized spacial score (nSPS) is 19.9. The molecule has 4 rings (SSSR count). The van der Waals surface area contributed by atoms with Crippen LogP contribution in [0.4, 0.5) is 26.3 Å². The Hall–Kier alpha value is -2.73. The van der Waals surface area contributed by atoms with Gasteiger partial charge in [0.05, 0.1) is 23.0 Å². The van der Waals surface area contributed by atoms with Crippen LogP contribution in [0.1, 0.15) is 40.5 Å². The smallest absolute Gasteiger partial charge is 0.372 e. The zero-order valence-corrected chi connectivity index (χ0v) is 19.3. The number of hydrogen-bond acceptors (Lipinski definition) is 5. The zero-order valence-electron chi connectivity index (χ0n) is 17.8. The van der Waals surface area contributed by atoms with Gasteiger partial charge in [-0.15, -0.1) is 0 Å². The summed E-state index contributed by atoms with van der Waals surface area (Å²) in [4.78, 5) is 22.5. The molecule has 1 unspecified atom stereocenters. The first kappa shape index (κ1) is 25.4. The van der Waals surface area contributed by atoms with Crippen molar-refractivity contribution in [3.8, 4) is 0 Å². The lowest BCUT2D eigenvalue weighted by atomic mass is 9.89. The quantitative estimate of drug-likeness (QED) is 0.415. The fraction of sp³-hybridized carbons (Fsp3) is 0.381. The lowest BCUT2D eigenvalue weighted by Crippen LogP contribution is -2.44. The number of nitrogens with one attached hydrogen (secondary N) is 1. The fourth-order valence-electron chi connectivity index (χ4n) is 3.76. The Morgan fingerprint density at radius 3 is 2.37 bits per heavy atom. The van der Waals surface area contributed by atoms with Gasteiger partial charge in [-0.05, 0) is 29.3 Å². The van der Waals surface area contributed by atoms with E-state index in [1.807, 2.05) is 0 Å². The largest absolute Gasteiger partial charge is 0.435 e. The summed E-state index contributed by atoms with van der Waals surface area (Å²) in [6.45, 7) is -0.0240. The van der Waals surface area contributed by atoms with Crippen LogP contribution in [0, 0.1) is 5.82 Å². The van der Waals surface area contributed by atoms with Crippen LogP contribution < -0.4 is 5.32 Å². The SMILES string of the molecule is CC(F)(F)CNC(=O)c1cc2c(cn1)CN(C1=NOC(c3cc(Cl)c(F)c(Cl)c3)(C(F)(F)F)C1)C2. The molecule has 0 bridgehead atoms. The molecule has 0 radical (unpaired) electrons. The van der Waals surface area contributed by atoms with Gasteiger partial charge in [0.15, 0.2) is 5.82 Å². The van der Waals surface area contributed by atoms with Crippen LogP contribution in [0.25, 0.3) is 0 Å². The molecule has 0 saturated heterocycles. The molecule has 14 heteroatoms. The topological polar surface area (TPSA) is 66.8 Å². The van der Waals surface area contributed by atoms with Crippen LogP contribution in [0.2, 0.25) is 10.0 Å². The minimum atomic E-state index is -4.95. The van der Waals surface area contributed by atoms with E-state index in [9.17, 15) is 31.1 Å². The Labute approximate surface area is 204 Å². The summed E-state index contributed by atoms with van der Waals surface area (Å²) in [5.41, 5.74) is -2.38. The predicted molar refractivity (Wildman–Crippen MR) is 114 cm³/mol. The maximum Gasteiger partial charge on any atom is 0.435 e. The first-order chi connectivity index (χ1) is 16.2. The number of carbonyl (C=O) groups is 1. The van der Waals surface area contributed by atoms with E-state index in [2.05, 4.69) is 15.5 Å². The number of amidine groups is 1. The van der Waals surface area contributed by atoms with E-state index < -0.39 is 58.0 Å². The average molecular weight is 541 g/mol. The number of amides is 1. The van der Waals surface area contributed by atoms with E-state index in [-0.39, 0.29) is 24.6 Å². The van der Waals surface area contributed by atoms with Crippen LogP contribution in [0.15, 0.2) is 29.6 Å². The highest BCUT2D eigenvalue weighted by Gasteiger charge is 2.63. The number of pyridine rings is 1. The van der Waals surface area contributed by atoms with Crippen LogP contribution in [-0.2, 0) is 23.5 Å². The fourth-order valence-corrected chi connectivity index (χ4v) is 4.25. The van der Waals surface area contributed by atoms with Crippen molar-refractivity contribution >= 4 is 34.9 Å².